The minimum atomic E-state index is -4.65. The van der Waals surface area contributed by atoms with Crippen LogP contribution in [-0.2, 0) is 32.7 Å². The van der Waals surface area contributed by atoms with Gasteiger partial charge in [0.1, 0.15) is 19.8 Å². The fourth-order valence-electron chi connectivity index (χ4n) is 13.0. The number of hydrogen-bond acceptors (Lipinski definition) is 8. The van der Waals surface area contributed by atoms with Crippen LogP contribution in [0.5, 0.6) is 0 Å². The number of phosphoric ester groups is 1. The first-order chi connectivity index (χ1) is 51.0. The van der Waals surface area contributed by atoms with Crippen LogP contribution < -0.4 is 4.89 Å². The van der Waals surface area contributed by atoms with Gasteiger partial charge in [0.15, 0.2) is 6.10 Å². The number of esters is 2. The van der Waals surface area contributed by atoms with Gasteiger partial charge in [0.2, 0.25) is 0 Å². The number of likely N-dealkylation sites (N-methyl/N-ethyl adjacent to an activating group) is 1. The minimum absolute atomic E-state index is 0.0302. The molecule has 0 spiro atoms. The summed E-state index contributed by atoms with van der Waals surface area (Å²) in [6.07, 6.45) is 120. The smallest absolute Gasteiger partial charge is 0.306 e. The number of carbonyl (C=O) groups is 2. The molecule has 0 aromatic rings. The van der Waals surface area contributed by atoms with Gasteiger partial charge in [-0.15, -0.1) is 0 Å². The number of carbonyl (C=O) groups excluding carboxylic acids is 2. The highest BCUT2D eigenvalue weighted by Crippen LogP contribution is 2.38. The summed E-state index contributed by atoms with van der Waals surface area (Å²) in [5.41, 5.74) is 0. The number of unbranched alkanes of at least 4 members (excludes halogenated alkanes) is 51. The van der Waals surface area contributed by atoms with Crippen molar-refractivity contribution in [3.05, 3.63) is 109 Å². The summed E-state index contributed by atoms with van der Waals surface area (Å²) in [4.78, 5) is 38.3. The summed E-state index contributed by atoms with van der Waals surface area (Å²) < 4.78 is 34.5. The van der Waals surface area contributed by atoms with Crippen molar-refractivity contribution in [3.8, 4) is 0 Å². The number of hydrogen-bond donors (Lipinski definition) is 0. The van der Waals surface area contributed by atoms with Crippen molar-refractivity contribution in [2.75, 3.05) is 47.5 Å². The van der Waals surface area contributed by atoms with Crippen molar-refractivity contribution in [1.29, 1.82) is 0 Å². The van der Waals surface area contributed by atoms with Crippen molar-refractivity contribution in [3.63, 3.8) is 0 Å². The van der Waals surface area contributed by atoms with E-state index in [1.807, 2.05) is 21.1 Å². The molecule has 0 fully saturated rings. The lowest BCUT2D eigenvalue weighted by Gasteiger charge is -2.28. The van der Waals surface area contributed by atoms with E-state index in [0.717, 1.165) is 89.9 Å². The molecule has 0 aromatic carbocycles. The Hall–Kier alpha value is -3.33. The number of rotatable bonds is 83. The summed E-state index contributed by atoms with van der Waals surface area (Å²) in [6, 6.07) is 0. The number of quaternary nitrogens is 1. The third-order valence-corrected chi connectivity index (χ3v) is 20.7. The number of ether oxygens (including phenoxy) is 2. The topological polar surface area (TPSA) is 111 Å². The van der Waals surface area contributed by atoms with Gasteiger partial charge >= 0.3 is 11.9 Å². The maximum Gasteiger partial charge on any atom is 0.306 e. The average molecular weight is 1470 g/mol. The lowest BCUT2D eigenvalue weighted by atomic mass is 10.0. The second-order valence-electron chi connectivity index (χ2n) is 31.2. The SMILES string of the molecule is CC/C=C\C/C=C\C/C=C\C/C=C\C/C=C\C/C=C\CCCCCCCCCCCCCCCCCCCCCCCCC(=O)OC(COC(=O)CCCCCCCCCCCCCCCCCCCCCCCCCC/C=C\C/C=C\C/C=C\CCCCCCC)COP(=O)([O-])OCC[N+](C)(C)C. The quantitative estimate of drug-likeness (QED) is 0.0195. The monoisotopic (exact) mass is 1470 g/mol. The van der Waals surface area contributed by atoms with Crippen LogP contribution in [0.15, 0.2) is 109 Å². The van der Waals surface area contributed by atoms with Crippen molar-refractivity contribution in [2.24, 2.45) is 0 Å². The summed E-state index contributed by atoms with van der Waals surface area (Å²) in [5.74, 6) is -0.812. The van der Waals surface area contributed by atoms with Gasteiger partial charge in [-0.3, -0.25) is 14.2 Å². The van der Waals surface area contributed by atoms with Gasteiger partial charge in [0, 0.05) is 12.8 Å². The van der Waals surface area contributed by atoms with Gasteiger partial charge in [-0.1, -0.05) is 419 Å². The van der Waals surface area contributed by atoms with Crippen LogP contribution in [0, 0.1) is 0 Å². The molecular weight excluding hydrogens is 1300 g/mol. The number of allylic oxidation sites excluding steroid dienone is 18. The van der Waals surface area contributed by atoms with E-state index in [2.05, 4.69) is 123 Å². The molecule has 2 unspecified atom stereocenters. The molecule has 0 radical (unpaired) electrons. The predicted octanol–water partition coefficient (Wildman–Crippen LogP) is 29.7. The highest BCUT2D eigenvalue weighted by atomic mass is 31.2. The fraction of sp³-hybridized carbons (Fsp3) is 0.787. The Labute approximate surface area is 646 Å². The maximum absolute atomic E-state index is 12.9. The Morgan fingerprint density at radius 3 is 0.817 bits per heavy atom. The van der Waals surface area contributed by atoms with Gasteiger partial charge in [-0.2, -0.15) is 0 Å². The van der Waals surface area contributed by atoms with E-state index in [1.54, 1.807) is 0 Å². The molecule has 0 saturated carbocycles. The fourth-order valence-corrected chi connectivity index (χ4v) is 13.8. The molecular formula is C94H170NO8P. The normalized spacial score (nSPS) is 13.5. The molecule has 0 rings (SSSR count). The summed E-state index contributed by atoms with van der Waals surface area (Å²) in [6.45, 7) is 4.17. The van der Waals surface area contributed by atoms with E-state index in [0.29, 0.717) is 17.4 Å². The number of nitrogens with zero attached hydrogens (tertiary/aromatic N) is 1. The zero-order chi connectivity index (χ0) is 75.4. The molecule has 0 saturated heterocycles. The lowest BCUT2D eigenvalue weighted by Crippen LogP contribution is -2.37. The van der Waals surface area contributed by atoms with Gasteiger partial charge in [0.05, 0.1) is 27.7 Å². The first-order valence-electron chi connectivity index (χ1n) is 44.6. The maximum atomic E-state index is 12.9. The van der Waals surface area contributed by atoms with E-state index in [9.17, 15) is 19.0 Å². The third-order valence-electron chi connectivity index (χ3n) is 19.8. The molecule has 0 aliphatic heterocycles. The van der Waals surface area contributed by atoms with Crippen LogP contribution >= 0.6 is 7.82 Å². The largest absolute Gasteiger partial charge is 0.756 e. The Balaban J connectivity index is 3.87. The first kappa shape index (κ1) is 101. The Kier molecular flexibility index (Phi) is 81.0. The van der Waals surface area contributed by atoms with Crippen molar-refractivity contribution < 1.29 is 42.1 Å². The van der Waals surface area contributed by atoms with Gasteiger partial charge < -0.3 is 27.9 Å². The first-order valence-corrected chi connectivity index (χ1v) is 46.1. The molecule has 0 aliphatic rings. The van der Waals surface area contributed by atoms with Crippen molar-refractivity contribution >= 4 is 19.8 Å². The Morgan fingerprint density at radius 2 is 0.548 bits per heavy atom. The van der Waals surface area contributed by atoms with Crippen LogP contribution in [0.4, 0.5) is 0 Å². The standard InChI is InChI=1S/C94H170NO8P/c1-6-8-10-12-14-16-18-20-22-24-26-28-30-32-34-36-38-40-42-44-46-47-49-51-53-55-57-59-61-63-65-67-69-71-73-75-77-79-81-83-85-87-94(97)103-92(91-102-104(98,99)101-89-88-95(3,4)5)90-100-93(96)86-84-82-80-78-76-74-72-70-68-66-64-62-60-58-56-54-52-50-48-45-43-41-39-37-35-33-31-29-27-25-23-21-19-17-15-13-11-9-7-2/h8,10,14,16,19-22,25-28,31-34,38,40,92H,6-7,9,11-13,15,17-18,23-24,29-30,35-37,39,41-91H2,1-5H3/b10-8-,16-14-,21-19-,22-20-,27-25-,28-26-,33-31-,34-32-,40-38-. The average Bonchev–Trinajstić information content (AvgIpc) is 0.920. The molecule has 0 amide bonds. The van der Waals surface area contributed by atoms with E-state index in [4.69, 9.17) is 18.5 Å². The van der Waals surface area contributed by atoms with Crippen molar-refractivity contribution in [2.45, 2.75) is 431 Å². The van der Waals surface area contributed by atoms with Crippen LogP contribution in [-0.4, -0.2) is 70.0 Å². The number of phosphoric acid groups is 1. The highest BCUT2D eigenvalue weighted by Gasteiger charge is 2.22. The molecule has 104 heavy (non-hydrogen) atoms. The van der Waals surface area contributed by atoms with E-state index >= 15 is 0 Å². The summed E-state index contributed by atoms with van der Waals surface area (Å²) in [5, 5.41) is 0. The molecule has 10 heteroatoms. The van der Waals surface area contributed by atoms with Crippen LogP contribution in [0.1, 0.15) is 425 Å². The summed E-state index contributed by atoms with van der Waals surface area (Å²) >= 11 is 0. The van der Waals surface area contributed by atoms with E-state index in [-0.39, 0.29) is 32.0 Å². The lowest BCUT2D eigenvalue weighted by molar-refractivity contribution is -0.870. The predicted molar refractivity (Wildman–Crippen MR) is 452 cm³/mol. The van der Waals surface area contributed by atoms with E-state index in [1.165, 1.54) is 302 Å². The molecule has 0 bridgehead atoms. The van der Waals surface area contributed by atoms with Crippen LogP contribution in [0.3, 0.4) is 0 Å². The second-order valence-corrected chi connectivity index (χ2v) is 32.6. The summed E-state index contributed by atoms with van der Waals surface area (Å²) in [7, 11) is 1.18. The van der Waals surface area contributed by atoms with Gasteiger partial charge in [-0.25, -0.2) is 0 Å². The molecule has 9 nitrogen and oxygen atoms in total. The zero-order valence-electron chi connectivity index (χ0n) is 69.2. The molecule has 0 aromatic heterocycles. The molecule has 2 atom stereocenters. The Morgan fingerprint density at radius 1 is 0.308 bits per heavy atom. The minimum Gasteiger partial charge on any atom is -0.756 e. The Bertz CT molecular complexity index is 2130. The highest BCUT2D eigenvalue weighted by molar-refractivity contribution is 7.45. The molecule has 0 N–H and O–H groups in total. The molecule has 604 valence electrons. The molecule has 0 aliphatic carbocycles. The molecule has 0 heterocycles. The zero-order valence-corrected chi connectivity index (χ0v) is 70.1. The van der Waals surface area contributed by atoms with Crippen LogP contribution in [0.25, 0.3) is 0 Å². The van der Waals surface area contributed by atoms with E-state index < -0.39 is 26.5 Å². The van der Waals surface area contributed by atoms with Gasteiger partial charge in [0.25, 0.3) is 7.82 Å². The van der Waals surface area contributed by atoms with Gasteiger partial charge in [-0.05, 0) is 103 Å². The van der Waals surface area contributed by atoms with Crippen molar-refractivity contribution in [1.82, 2.24) is 0 Å². The van der Waals surface area contributed by atoms with Crippen LogP contribution in [0.2, 0.25) is 0 Å². The third kappa shape index (κ3) is 87.6. The second kappa shape index (κ2) is 83.7.